The highest BCUT2D eigenvalue weighted by Gasteiger charge is 2.23. The van der Waals surface area contributed by atoms with Crippen LogP contribution in [0.2, 0.25) is 0 Å². The first-order valence-electron chi connectivity index (χ1n) is 14.3. The zero-order chi connectivity index (χ0) is 25.1. The van der Waals surface area contributed by atoms with E-state index in [2.05, 4.69) is 70.3 Å². The highest BCUT2D eigenvalue weighted by molar-refractivity contribution is 5.85. The van der Waals surface area contributed by atoms with E-state index >= 15 is 0 Å². The van der Waals surface area contributed by atoms with Crippen LogP contribution in [-0.2, 0) is 11.2 Å². The third-order valence-corrected chi connectivity index (χ3v) is 7.36. The van der Waals surface area contributed by atoms with E-state index < -0.39 is 0 Å². The lowest BCUT2D eigenvalue weighted by atomic mass is 9.79. The lowest BCUT2D eigenvalue weighted by molar-refractivity contribution is -0.124. The number of rotatable bonds is 12. The number of aryl methyl sites for hydroxylation is 1. The number of carbonyl (C=O) groups is 1. The second kappa shape index (κ2) is 20.2. The fraction of sp³-hybridized carbons (Fsp3) is 0.774. The van der Waals surface area contributed by atoms with Crippen molar-refractivity contribution >= 4 is 5.78 Å². The van der Waals surface area contributed by atoms with Crippen LogP contribution >= 0.6 is 0 Å². The number of hydrogen-bond donors (Lipinski definition) is 1. The first-order valence-corrected chi connectivity index (χ1v) is 14.3. The molecule has 192 valence electrons. The van der Waals surface area contributed by atoms with Crippen molar-refractivity contribution < 1.29 is 4.79 Å². The molecule has 0 spiro atoms. The molecule has 1 aliphatic carbocycles. The fourth-order valence-corrected chi connectivity index (χ4v) is 4.87. The van der Waals surface area contributed by atoms with Crippen LogP contribution in [0.3, 0.4) is 0 Å². The summed E-state index contributed by atoms with van der Waals surface area (Å²) in [6.07, 6.45) is 13.6. The van der Waals surface area contributed by atoms with E-state index in [0.29, 0.717) is 11.8 Å². The third-order valence-electron chi connectivity index (χ3n) is 7.36. The fourth-order valence-electron chi connectivity index (χ4n) is 4.87. The molecule has 2 rings (SSSR count). The number of nitrogens with one attached hydrogen (secondary N) is 1. The first-order chi connectivity index (χ1) is 16.0. The van der Waals surface area contributed by atoms with Gasteiger partial charge in [-0.3, -0.25) is 4.79 Å². The molecule has 2 heteroatoms. The molecule has 2 nitrogen and oxygen atoms in total. The molecule has 1 aliphatic rings. The van der Waals surface area contributed by atoms with Gasteiger partial charge in [0.05, 0.1) is 6.04 Å². The highest BCUT2D eigenvalue weighted by atomic mass is 16.1. The number of ketones is 1. The molecule has 0 amide bonds. The zero-order valence-electron chi connectivity index (χ0n) is 23.5. The Morgan fingerprint density at radius 3 is 2.09 bits per heavy atom. The predicted molar refractivity (Wildman–Crippen MR) is 148 cm³/mol. The molecule has 1 saturated carbocycles. The van der Waals surface area contributed by atoms with Crippen molar-refractivity contribution in [1.29, 1.82) is 0 Å². The highest BCUT2D eigenvalue weighted by Crippen LogP contribution is 2.31. The van der Waals surface area contributed by atoms with E-state index in [9.17, 15) is 4.79 Å². The molecule has 1 aromatic rings. The van der Waals surface area contributed by atoms with Crippen molar-refractivity contribution in [3.63, 3.8) is 0 Å². The lowest BCUT2D eigenvalue weighted by Crippen LogP contribution is -2.45. The summed E-state index contributed by atoms with van der Waals surface area (Å²) in [5.74, 6) is 2.61. The van der Waals surface area contributed by atoms with Crippen LogP contribution in [0.1, 0.15) is 125 Å². The van der Waals surface area contributed by atoms with Crippen molar-refractivity contribution in [3.05, 3.63) is 35.9 Å². The van der Waals surface area contributed by atoms with Gasteiger partial charge in [-0.2, -0.15) is 0 Å². The maximum absolute atomic E-state index is 12.5. The Morgan fingerprint density at radius 1 is 0.970 bits per heavy atom. The van der Waals surface area contributed by atoms with Gasteiger partial charge in [0.2, 0.25) is 0 Å². The molecule has 0 heterocycles. The molecule has 1 aromatic carbocycles. The van der Waals surface area contributed by atoms with Crippen molar-refractivity contribution in [2.45, 2.75) is 138 Å². The van der Waals surface area contributed by atoms with Gasteiger partial charge in [-0.05, 0) is 49.5 Å². The molecule has 0 radical (unpaired) electrons. The normalized spacial score (nSPS) is 20.4. The molecule has 1 fully saturated rings. The summed E-state index contributed by atoms with van der Waals surface area (Å²) >= 11 is 0. The van der Waals surface area contributed by atoms with Gasteiger partial charge in [0, 0.05) is 12.0 Å². The summed E-state index contributed by atoms with van der Waals surface area (Å²) in [6, 6.07) is 11.1. The SMILES string of the molecule is CC.CCC1CCCC[C@@H]1C.CCCC(CCc1ccccc1)NC(CC)C(=O)C(C)CC. The Labute approximate surface area is 207 Å². The summed E-state index contributed by atoms with van der Waals surface area (Å²) < 4.78 is 0. The van der Waals surface area contributed by atoms with E-state index in [-0.39, 0.29) is 12.0 Å². The van der Waals surface area contributed by atoms with E-state index in [0.717, 1.165) is 50.4 Å². The predicted octanol–water partition coefficient (Wildman–Crippen LogP) is 9.02. The second-order valence-electron chi connectivity index (χ2n) is 9.78. The minimum absolute atomic E-state index is 0.0160. The summed E-state index contributed by atoms with van der Waals surface area (Å²) in [5, 5.41) is 3.64. The summed E-state index contributed by atoms with van der Waals surface area (Å²) in [6.45, 7) is 17.2. The van der Waals surface area contributed by atoms with Gasteiger partial charge in [-0.1, -0.05) is 124 Å². The Balaban J connectivity index is 0.000000770. The molecular weight excluding hydrogens is 402 g/mol. The van der Waals surface area contributed by atoms with Crippen LogP contribution in [0.25, 0.3) is 0 Å². The van der Waals surface area contributed by atoms with Gasteiger partial charge in [-0.15, -0.1) is 0 Å². The lowest BCUT2D eigenvalue weighted by Gasteiger charge is -2.27. The maximum Gasteiger partial charge on any atom is 0.152 e. The number of benzene rings is 1. The summed E-state index contributed by atoms with van der Waals surface area (Å²) in [4.78, 5) is 12.5. The standard InChI is InChI=1S/C20H33NO.C9H18.C2H6/c1-5-11-18(15-14-17-12-9-8-10-13-17)21-19(7-3)20(22)16(4)6-2;1-3-9-7-5-4-6-8(9)2;1-2/h8-10,12-13,16,18-19,21H,5-7,11,14-15H2,1-4H3;8-9H,3-7H2,1-2H3;1-2H3/t;8-,9?;/m.0./s1. The van der Waals surface area contributed by atoms with Gasteiger partial charge in [-0.25, -0.2) is 0 Å². The van der Waals surface area contributed by atoms with E-state index in [1.54, 1.807) is 0 Å². The van der Waals surface area contributed by atoms with E-state index in [1.807, 2.05) is 20.8 Å². The molecule has 4 unspecified atom stereocenters. The van der Waals surface area contributed by atoms with Crippen molar-refractivity contribution in [3.8, 4) is 0 Å². The summed E-state index contributed by atoms with van der Waals surface area (Å²) in [7, 11) is 0. The van der Waals surface area contributed by atoms with Gasteiger partial charge in [0.1, 0.15) is 0 Å². The van der Waals surface area contributed by atoms with Crippen molar-refractivity contribution in [1.82, 2.24) is 5.32 Å². The van der Waals surface area contributed by atoms with Gasteiger partial charge >= 0.3 is 0 Å². The number of carbonyl (C=O) groups excluding carboxylic acids is 1. The number of hydrogen-bond acceptors (Lipinski definition) is 2. The molecule has 0 bridgehead atoms. The number of Topliss-reactive ketones (excluding diaryl/α,β-unsaturated/α-hetero) is 1. The molecular formula is C31H57NO. The van der Waals surface area contributed by atoms with Gasteiger partial charge in [0.25, 0.3) is 0 Å². The molecule has 33 heavy (non-hydrogen) atoms. The second-order valence-corrected chi connectivity index (χ2v) is 9.78. The van der Waals surface area contributed by atoms with E-state index in [4.69, 9.17) is 0 Å². The van der Waals surface area contributed by atoms with Crippen LogP contribution in [0, 0.1) is 17.8 Å². The smallest absolute Gasteiger partial charge is 0.152 e. The van der Waals surface area contributed by atoms with E-state index in [1.165, 1.54) is 37.7 Å². The monoisotopic (exact) mass is 459 g/mol. The maximum atomic E-state index is 12.5. The van der Waals surface area contributed by atoms with Gasteiger partial charge in [0.15, 0.2) is 5.78 Å². The van der Waals surface area contributed by atoms with Crippen LogP contribution in [0.15, 0.2) is 30.3 Å². The molecule has 5 atom stereocenters. The molecule has 1 N–H and O–H groups in total. The largest absolute Gasteiger partial charge is 0.305 e. The van der Waals surface area contributed by atoms with Crippen LogP contribution in [-0.4, -0.2) is 17.9 Å². The Morgan fingerprint density at radius 2 is 1.61 bits per heavy atom. The minimum Gasteiger partial charge on any atom is -0.305 e. The van der Waals surface area contributed by atoms with Crippen LogP contribution in [0.5, 0.6) is 0 Å². The Hall–Kier alpha value is -1.15. The topological polar surface area (TPSA) is 29.1 Å². The average Bonchev–Trinajstić information content (AvgIpc) is 2.87. The molecule has 0 saturated heterocycles. The Bertz CT molecular complexity index is 570. The molecule has 0 aromatic heterocycles. The molecule has 0 aliphatic heterocycles. The first kappa shape index (κ1) is 31.9. The van der Waals surface area contributed by atoms with Crippen LogP contribution < -0.4 is 5.32 Å². The zero-order valence-corrected chi connectivity index (χ0v) is 23.5. The Kier molecular flexibility index (Phi) is 19.5. The van der Waals surface area contributed by atoms with Crippen molar-refractivity contribution in [2.75, 3.05) is 0 Å². The minimum atomic E-state index is 0.0160. The van der Waals surface area contributed by atoms with Gasteiger partial charge < -0.3 is 5.32 Å². The quantitative estimate of drug-likeness (QED) is 0.338. The average molecular weight is 460 g/mol. The third kappa shape index (κ3) is 13.4. The van der Waals surface area contributed by atoms with Crippen LogP contribution in [0.4, 0.5) is 0 Å². The summed E-state index contributed by atoms with van der Waals surface area (Å²) in [5.41, 5.74) is 1.38. The van der Waals surface area contributed by atoms with Crippen molar-refractivity contribution in [2.24, 2.45) is 17.8 Å².